The van der Waals surface area contributed by atoms with E-state index in [1.807, 2.05) is 0 Å². The normalized spacial score (nSPS) is 21.9. The highest BCUT2D eigenvalue weighted by Crippen LogP contribution is 2.22. The van der Waals surface area contributed by atoms with Gasteiger partial charge < -0.3 is 10.2 Å². The Balaban J connectivity index is 2.23. The highest BCUT2D eigenvalue weighted by molar-refractivity contribution is 5.76. The van der Waals surface area contributed by atoms with E-state index < -0.39 is 0 Å². The minimum atomic E-state index is 0.387. The van der Waals surface area contributed by atoms with Gasteiger partial charge in [0.1, 0.15) is 0 Å². The Morgan fingerprint density at radius 1 is 1.30 bits per heavy atom. The third-order valence-corrected chi connectivity index (χ3v) is 4.43. The first-order valence-corrected chi connectivity index (χ1v) is 8.68. The van der Waals surface area contributed by atoms with Crippen molar-refractivity contribution < 1.29 is 4.79 Å². The zero-order valence-electron chi connectivity index (χ0n) is 13.8. The molecule has 0 saturated carbocycles. The second-order valence-corrected chi connectivity index (χ2v) is 6.36. The summed E-state index contributed by atoms with van der Waals surface area (Å²) in [6.45, 7) is 9.73. The van der Waals surface area contributed by atoms with E-state index in [1.165, 1.54) is 32.1 Å². The lowest BCUT2D eigenvalue weighted by Crippen LogP contribution is -2.33. The van der Waals surface area contributed by atoms with Crippen LogP contribution in [0.3, 0.4) is 0 Å². The molecular weight excluding hydrogens is 248 g/mol. The number of carbonyl (C=O) groups excluding carboxylic acids is 1. The van der Waals surface area contributed by atoms with Gasteiger partial charge in [0, 0.05) is 25.6 Å². The van der Waals surface area contributed by atoms with Crippen molar-refractivity contribution >= 4 is 5.91 Å². The maximum absolute atomic E-state index is 12.1. The number of nitrogens with one attached hydrogen (secondary N) is 1. The van der Waals surface area contributed by atoms with Crippen LogP contribution >= 0.6 is 0 Å². The molecule has 3 nitrogen and oxygen atoms in total. The molecule has 3 heteroatoms. The molecule has 0 bridgehead atoms. The van der Waals surface area contributed by atoms with Crippen LogP contribution in [0.4, 0.5) is 0 Å². The average Bonchev–Trinajstić information content (AvgIpc) is 2.61. The fourth-order valence-corrected chi connectivity index (χ4v) is 3.11. The second kappa shape index (κ2) is 10.2. The minimum absolute atomic E-state index is 0.387. The zero-order valence-corrected chi connectivity index (χ0v) is 13.8. The van der Waals surface area contributed by atoms with Crippen LogP contribution in [0, 0.1) is 5.92 Å². The molecule has 0 radical (unpaired) electrons. The molecule has 0 spiro atoms. The van der Waals surface area contributed by atoms with E-state index in [0.717, 1.165) is 44.8 Å². The first-order valence-electron chi connectivity index (χ1n) is 8.68. The number of rotatable bonds is 9. The van der Waals surface area contributed by atoms with Crippen molar-refractivity contribution in [3.8, 4) is 0 Å². The molecule has 20 heavy (non-hydrogen) atoms. The monoisotopic (exact) mass is 282 g/mol. The van der Waals surface area contributed by atoms with Crippen molar-refractivity contribution in [3.05, 3.63) is 0 Å². The molecule has 1 amide bonds. The average molecular weight is 282 g/mol. The molecule has 2 unspecified atom stereocenters. The van der Waals surface area contributed by atoms with Crippen LogP contribution in [-0.2, 0) is 4.79 Å². The number of hydrogen-bond acceptors (Lipinski definition) is 2. The summed E-state index contributed by atoms with van der Waals surface area (Å²) in [5, 5.41) is 3.51. The van der Waals surface area contributed by atoms with Gasteiger partial charge in [0.25, 0.3) is 0 Å². The van der Waals surface area contributed by atoms with Crippen molar-refractivity contribution in [2.75, 3.05) is 19.6 Å². The summed E-state index contributed by atoms with van der Waals surface area (Å²) in [6, 6.07) is 0.574. The second-order valence-electron chi connectivity index (χ2n) is 6.36. The molecule has 1 saturated heterocycles. The van der Waals surface area contributed by atoms with Crippen LogP contribution in [0.2, 0.25) is 0 Å². The Labute approximate surface area is 125 Å². The predicted octanol–water partition coefficient (Wildman–Crippen LogP) is 3.58. The number of amides is 1. The molecule has 2 atom stereocenters. The van der Waals surface area contributed by atoms with Gasteiger partial charge in [-0.25, -0.2) is 0 Å². The summed E-state index contributed by atoms with van der Waals surface area (Å²) in [5.41, 5.74) is 0. The highest BCUT2D eigenvalue weighted by atomic mass is 16.2. The lowest BCUT2D eigenvalue weighted by molar-refractivity contribution is -0.130. The predicted molar refractivity (Wildman–Crippen MR) is 85.8 cm³/mol. The van der Waals surface area contributed by atoms with E-state index in [9.17, 15) is 4.79 Å². The van der Waals surface area contributed by atoms with E-state index in [4.69, 9.17) is 0 Å². The molecule has 0 aromatic heterocycles. The third kappa shape index (κ3) is 6.74. The van der Waals surface area contributed by atoms with E-state index in [0.29, 0.717) is 11.9 Å². The largest absolute Gasteiger partial charge is 0.343 e. The fraction of sp³-hybridized carbons (Fsp3) is 0.941. The maximum Gasteiger partial charge on any atom is 0.222 e. The van der Waals surface area contributed by atoms with E-state index in [1.54, 1.807) is 0 Å². The Bertz CT molecular complexity index is 268. The zero-order chi connectivity index (χ0) is 14.8. The van der Waals surface area contributed by atoms with E-state index >= 15 is 0 Å². The van der Waals surface area contributed by atoms with Crippen molar-refractivity contribution in [1.29, 1.82) is 0 Å². The van der Waals surface area contributed by atoms with Crippen molar-refractivity contribution in [3.63, 3.8) is 0 Å². The topological polar surface area (TPSA) is 32.3 Å². The van der Waals surface area contributed by atoms with Crippen LogP contribution in [-0.4, -0.2) is 36.5 Å². The first kappa shape index (κ1) is 17.5. The molecule has 1 aliphatic rings. The summed E-state index contributed by atoms with van der Waals surface area (Å²) in [6.07, 6.45) is 9.12. The smallest absolute Gasteiger partial charge is 0.222 e. The summed E-state index contributed by atoms with van der Waals surface area (Å²) in [7, 11) is 0. The fourth-order valence-electron chi connectivity index (χ4n) is 3.11. The Hall–Kier alpha value is -0.570. The molecule has 1 fully saturated rings. The van der Waals surface area contributed by atoms with Crippen LogP contribution in [0.1, 0.15) is 72.1 Å². The lowest BCUT2D eigenvalue weighted by atomic mass is 9.96. The molecular formula is C17H34N2O. The summed E-state index contributed by atoms with van der Waals surface area (Å²) >= 11 is 0. The molecule has 1 heterocycles. The van der Waals surface area contributed by atoms with E-state index in [-0.39, 0.29) is 0 Å². The summed E-state index contributed by atoms with van der Waals surface area (Å²) in [5.74, 6) is 1.16. The number of carbonyl (C=O) groups is 1. The van der Waals surface area contributed by atoms with Gasteiger partial charge in [-0.3, -0.25) is 4.79 Å². The van der Waals surface area contributed by atoms with Gasteiger partial charge in [0.2, 0.25) is 5.91 Å². The quantitative estimate of drug-likeness (QED) is 0.701. The summed E-state index contributed by atoms with van der Waals surface area (Å²) in [4.78, 5) is 14.2. The van der Waals surface area contributed by atoms with Crippen LogP contribution < -0.4 is 5.32 Å². The number of nitrogens with zero attached hydrogens (tertiary/aromatic N) is 1. The van der Waals surface area contributed by atoms with Gasteiger partial charge in [0.05, 0.1) is 0 Å². The lowest BCUT2D eigenvalue weighted by Gasteiger charge is -2.22. The van der Waals surface area contributed by atoms with Gasteiger partial charge in [-0.05, 0) is 51.5 Å². The molecule has 1 rings (SSSR count). The molecule has 118 valence electrons. The maximum atomic E-state index is 12.1. The molecule has 0 aromatic carbocycles. The van der Waals surface area contributed by atoms with Crippen molar-refractivity contribution in [2.45, 2.75) is 78.2 Å². The molecule has 0 aliphatic carbocycles. The summed E-state index contributed by atoms with van der Waals surface area (Å²) < 4.78 is 0. The van der Waals surface area contributed by atoms with Crippen molar-refractivity contribution in [2.24, 2.45) is 5.92 Å². The van der Waals surface area contributed by atoms with Gasteiger partial charge in [-0.2, -0.15) is 0 Å². The Kier molecular flexibility index (Phi) is 8.92. The van der Waals surface area contributed by atoms with Gasteiger partial charge in [-0.1, -0.05) is 26.7 Å². The Morgan fingerprint density at radius 2 is 2.10 bits per heavy atom. The standard InChI is InChI=1S/C17H34N2O/c1-4-7-16-9-10-17(20)19(14-11-16)13-6-8-15(3)18-12-5-2/h15-16,18H,4-14H2,1-3H3. The van der Waals surface area contributed by atoms with Gasteiger partial charge in [0.15, 0.2) is 0 Å². The number of likely N-dealkylation sites (tertiary alicyclic amines) is 1. The Morgan fingerprint density at radius 3 is 2.80 bits per heavy atom. The first-order chi connectivity index (χ1) is 9.67. The molecule has 0 aromatic rings. The number of hydrogen-bond donors (Lipinski definition) is 1. The molecule has 1 aliphatic heterocycles. The van der Waals surface area contributed by atoms with Crippen LogP contribution in [0.15, 0.2) is 0 Å². The van der Waals surface area contributed by atoms with Crippen molar-refractivity contribution in [1.82, 2.24) is 10.2 Å². The SMILES string of the molecule is CCCNC(C)CCCN1CCC(CCC)CCC1=O. The van der Waals surface area contributed by atoms with E-state index in [2.05, 4.69) is 31.0 Å². The van der Waals surface area contributed by atoms with Crippen LogP contribution in [0.25, 0.3) is 0 Å². The third-order valence-electron chi connectivity index (χ3n) is 4.43. The molecule has 1 N–H and O–H groups in total. The van der Waals surface area contributed by atoms with Gasteiger partial charge >= 0.3 is 0 Å². The highest BCUT2D eigenvalue weighted by Gasteiger charge is 2.21. The van der Waals surface area contributed by atoms with Crippen LogP contribution in [0.5, 0.6) is 0 Å². The minimum Gasteiger partial charge on any atom is -0.343 e. The van der Waals surface area contributed by atoms with Gasteiger partial charge in [-0.15, -0.1) is 0 Å².